The molecule has 0 radical (unpaired) electrons. The number of aryl methyl sites for hydroxylation is 1. The van der Waals surface area contributed by atoms with Crippen LogP contribution in [-0.2, 0) is 16.0 Å². The molecule has 0 fully saturated rings. The lowest BCUT2D eigenvalue weighted by molar-refractivity contribution is -0.138. The number of aromatic nitrogens is 2. The number of ether oxygens (including phenoxy) is 1. The summed E-state index contributed by atoms with van der Waals surface area (Å²) in [6.45, 7) is 6.77. The molecule has 0 saturated heterocycles. The number of nitrogens with one attached hydrogen (secondary N) is 1. The largest absolute Gasteiger partial charge is 0.445 e. The molecule has 38 heavy (non-hydrogen) atoms. The number of amides is 1. The molecule has 2 atom stereocenters. The summed E-state index contributed by atoms with van der Waals surface area (Å²) in [6, 6.07) is 22.2. The highest BCUT2D eigenvalue weighted by Crippen LogP contribution is 2.27. The van der Waals surface area contributed by atoms with Gasteiger partial charge in [0.05, 0.1) is 17.3 Å². The number of carbonyl (C=O) groups is 2. The zero-order valence-electron chi connectivity index (χ0n) is 21.7. The maximum atomic E-state index is 13.4. The molecular weight excluding hydrogens is 500 g/mol. The Morgan fingerprint density at radius 1 is 1.13 bits per heavy atom. The SMILES string of the molecule is Cc1nc2ccccn2c1C(=O)OC(C)(C)C(=O)N[C@@H](C)[C@@H](Cc1ccc(Cl)cc1)c1cccc(C#N)c1. The van der Waals surface area contributed by atoms with Crippen molar-refractivity contribution in [2.24, 2.45) is 0 Å². The van der Waals surface area contributed by atoms with Crippen LogP contribution in [0.2, 0.25) is 5.02 Å². The summed E-state index contributed by atoms with van der Waals surface area (Å²) in [5, 5.41) is 13.1. The van der Waals surface area contributed by atoms with Crippen molar-refractivity contribution in [2.45, 2.75) is 51.7 Å². The van der Waals surface area contributed by atoms with Gasteiger partial charge in [0.25, 0.3) is 5.91 Å². The second-order valence-corrected chi connectivity index (χ2v) is 10.2. The number of halogens is 1. The molecule has 0 saturated carbocycles. The summed E-state index contributed by atoms with van der Waals surface area (Å²) >= 11 is 6.07. The first-order valence-corrected chi connectivity index (χ1v) is 12.7. The highest BCUT2D eigenvalue weighted by Gasteiger charge is 2.36. The van der Waals surface area contributed by atoms with Crippen molar-refractivity contribution in [1.29, 1.82) is 5.26 Å². The van der Waals surface area contributed by atoms with Crippen LogP contribution in [0.4, 0.5) is 0 Å². The lowest BCUT2D eigenvalue weighted by Crippen LogP contribution is -2.50. The molecule has 4 aromatic rings. The number of rotatable bonds is 8. The second kappa shape index (κ2) is 11.1. The van der Waals surface area contributed by atoms with Crippen molar-refractivity contribution < 1.29 is 14.3 Å². The molecule has 0 unspecified atom stereocenters. The third-order valence-corrected chi connectivity index (χ3v) is 6.82. The number of benzene rings is 2. The van der Waals surface area contributed by atoms with E-state index >= 15 is 0 Å². The van der Waals surface area contributed by atoms with Gasteiger partial charge >= 0.3 is 5.97 Å². The number of hydrogen-bond acceptors (Lipinski definition) is 5. The highest BCUT2D eigenvalue weighted by atomic mass is 35.5. The Labute approximate surface area is 227 Å². The predicted molar refractivity (Wildman–Crippen MR) is 146 cm³/mol. The minimum Gasteiger partial charge on any atom is -0.445 e. The number of hydrogen-bond donors (Lipinski definition) is 1. The summed E-state index contributed by atoms with van der Waals surface area (Å²) in [5.41, 5.74) is 2.47. The van der Waals surface area contributed by atoms with Gasteiger partial charge < -0.3 is 10.1 Å². The summed E-state index contributed by atoms with van der Waals surface area (Å²) in [5.74, 6) is -1.21. The molecule has 7 nitrogen and oxygen atoms in total. The van der Waals surface area contributed by atoms with E-state index in [-0.39, 0.29) is 17.7 Å². The van der Waals surface area contributed by atoms with Gasteiger partial charge in [0.15, 0.2) is 11.3 Å². The van der Waals surface area contributed by atoms with Crippen LogP contribution < -0.4 is 5.32 Å². The zero-order chi connectivity index (χ0) is 27.4. The number of esters is 1. The molecule has 2 aromatic heterocycles. The van der Waals surface area contributed by atoms with E-state index in [4.69, 9.17) is 16.3 Å². The standard InChI is InChI=1S/C30H29ClN4O3/c1-19(25(17-21-11-13-24(31)14-12-21)23-9-7-8-22(16-23)18-32)34-29(37)30(3,4)38-28(36)27-20(2)33-26-10-5-6-15-35(26)27/h5-16,19,25H,17H2,1-4H3,(H,34,37)/t19-,25+/m0/s1. The Kier molecular flexibility index (Phi) is 7.84. The molecule has 4 rings (SSSR count). The quantitative estimate of drug-likeness (QED) is 0.299. The van der Waals surface area contributed by atoms with E-state index in [1.54, 1.807) is 49.6 Å². The number of fused-ring (bicyclic) bond motifs is 1. The Morgan fingerprint density at radius 3 is 2.58 bits per heavy atom. The number of pyridine rings is 1. The Hall–Kier alpha value is -4.15. The first-order valence-electron chi connectivity index (χ1n) is 12.3. The highest BCUT2D eigenvalue weighted by molar-refractivity contribution is 6.30. The van der Waals surface area contributed by atoms with E-state index in [0.717, 1.165) is 11.1 Å². The van der Waals surface area contributed by atoms with Crippen molar-refractivity contribution in [2.75, 3.05) is 0 Å². The lowest BCUT2D eigenvalue weighted by atomic mass is 9.85. The van der Waals surface area contributed by atoms with Gasteiger partial charge in [-0.3, -0.25) is 9.20 Å². The fraction of sp³-hybridized carbons (Fsp3) is 0.267. The third-order valence-electron chi connectivity index (χ3n) is 6.57. The van der Waals surface area contributed by atoms with Gasteiger partial charge in [-0.2, -0.15) is 5.26 Å². The van der Waals surface area contributed by atoms with Crippen LogP contribution in [0.5, 0.6) is 0 Å². The van der Waals surface area contributed by atoms with Gasteiger partial charge in [0.2, 0.25) is 0 Å². The van der Waals surface area contributed by atoms with Crippen molar-refractivity contribution in [3.63, 3.8) is 0 Å². The topological polar surface area (TPSA) is 96.5 Å². The minimum atomic E-state index is -1.45. The minimum absolute atomic E-state index is 0.152. The van der Waals surface area contributed by atoms with Crippen LogP contribution in [0, 0.1) is 18.3 Å². The average Bonchev–Trinajstić information content (AvgIpc) is 3.23. The Balaban J connectivity index is 1.55. The van der Waals surface area contributed by atoms with E-state index in [1.807, 2.05) is 55.5 Å². The second-order valence-electron chi connectivity index (χ2n) is 9.81. The van der Waals surface area contributed by atoms with Gasteiger partial charge in [-0.15, -0.1) is 0 Å². The van der Waals surface area contributed by atoms with E-state index in [2.05, 4.69) is 16.4 Å². The van der Waals surface area contributed by atoms with Gasteiger partial charge in [0.1, 0.15) is 5.65 Å². The van der Waals surface area contributed by atoms with Crippen molar-refractivity contribution in [3.8, 4) is 6.07 Å². The maximum absolute atomic E-state index is 13.4. The molecule has 1 N–H and O–H groups in total. The number of carbonyl (C=O) groups excluding carboxylic acids is 2. The molecule has 0 bridgehead atoms. The van der Waals surface area contributed by atoms with Crippen LogP contribution in [0.15, 0.2) is 72.9 Å². The fourth-order valence-corrected chi connectivity index (χ4v) is 4.59. The van der Waals surface area contributed by atoms with E-state index in [1.165, 1.54) is 0 Å². The van der Waals surface area contributed by atoms with Crippen molar-refractivity contribution >= 4 is 29.1 Å². The van der Waals surface area contributed by atoms with Gasteiger partial charge in [0, 0.05) is 23.2 Å². The van der Waals surface area contributed by atoms with E-state index in [9.17, 15) is 14.9 Å². The third kappa shape index (κ3) is 5.87. The molecule has 2 heterocycles. The summed E-state index contributed by atoms with van der Waals surface area (Å²) in [6.07, 6.45) is 2.34. The molecular formula is C30H29ClN4O3. The predicted octanol–water partition coefficient (Wildman–Crippen LogP) is 5.63. The Bertz CT molecular complexity index is 1520. The van der Waals surface area contributed by atoms with Gasteiger partial charge in [-0.1, -0.05) is 41.9 Å². The first-order chi connectivity index (χ1) is 18.1. The average molecular weight is 529 g/mol. The van der Waals surface area contributed by atoms with Crippen LogP contribution in [0.25, 0.3) is 5.65 Å². The fourth-order valence-electron chi connectivity index (χ4n) is 4.46. The molecule has 2 aromatic carbocycles. The molecule has 194 valence electrons. The zero-order valence-corrected chi connectivity index (χ0v) is 22.5. The summed E-state index contributed by atoms with van der Waals surface area (Å²) in [4.78, 5) is 30.9. The van der Waals surface area contributed by atoms with Gasteiger partial charge in [-0.05, 0) is 81.6 Å². The number of nitriles is 1. The molecule has 1 amide bonds. The molecule has 0 aliphatic heterocycles. The molecule has 0 aliphatic carbocycles. The summed E-state index contributed by atoms with van der Waals surface area (Å²) < 4.78 is 7.37. The van der Waals surface area contributed by atoms with Crippen LogP contribution in [0.3, 0.4) is 0 Å². The van der Waals surface area contributed by atoms with Crippen LogP contribution >= 0.6 is 11.6 Å². The molecule has 0 spiro atoms. The van der Waals surface area contributed by atoms with Crippen molar-refractivity contribution in [1.82, 2.24) is 14.7 Å². The summed E-state index contributed by atoms with van der Waals surface area (Å²) in [7, 11) is 0. The normalized spacial score (nSPS) is 12.9. The molecule has 0 aliphatic rings. The monoisotopic (exact) mass is 528 g/mol. The van der Waals surface area contributed by atoms with E-state index < -0.39 is 17.5 Å². The van der Waals surface area contributed by atoms with E-state index in [0.29, 0.717) is 28.3 Å². The lowest BCUT2D eigenvalue weighted by Gasteiger charge is -2.30. The smallest absolute Gasteiger partial charge is 0.358 e. The van der Waals surface area contributed by atoms with Crippen LogP contribution in [0.1, 0.15) is 59.6 Å². The molecule has 8 heteroatoms. The van der Waals surface area contributed by atoms with Crippen LogP contribution in [-0.4, -0.2) is 32.9 Å². The van der Waals surface area contributed by atoms with Crippen molar-refractivity contribution in [3.05, 3.63) is 106 Å². The first kappa shape index (κ1) is 26.9. The Morgan fingerprint density at radius 2 is 1.87 bits per heavy atom. The number of imidazole rings is 1. The van der Waals surface area contributed by atoms with Gasteiger partial charge in [-0.25, -0.2) is 9.78 Å². The maximum Gasteiger partial charge on any atom is 0.358 e. The number of nitrogens with zero attached hydrogens (tertiary/aromatic N) is 3.